The molecule has 3 aromatic rings. The highest BCUT2D eigenvalue weighted by molar-refractivity contribution is 5.91. The van der Waals surface area contributed by atoms with Gasteiger partial charge in [-0.1, -0.05) is 37.3 Å². The molecule has 0 aliphatic rings. The normalized spacial score (nSPS) is 10.8. The highest BCUT2D eigenvalue weighted by Crippen LogP contribution is 2.14. The van der Waals surface area contributed by atoms with Gasteiger partial charge in [-0.05, 0) is 42.7 Å². The molecule has 0 saturated carbocycles. The van der Waals surface area contributed by atoms with Crippen molar-refractivity contribution in [3.8, 4) is 0 Å². The number of methoxy groups -OCH3 is 1. The fourth-order valence-electron chi connectivity index (χ4n) is 3.52. The molecule has 7 nitrogen and oxygen atoms in total. The summed E-state index contributed by atoms with van der Waals surface area (Å²) >= 11 is 0. The van der Waals surface area contributed by atoms with Crippen molar-refractivity contribution in [2.75, 3.05) is 26.8 Å². The maximum absolute atomic E-state index is 12.4. The van der Waals surface area contributed by atoms with E-state index < -0.39 is 0 Å². The Morgan fingerprint density at radius 1 is 1.09 bits per heavy atom. The summed E-state index contributed by atoms with van der Waals surface area (Å²) in [6.07, 6.45) is 3.59. The first kappa shape index (κ1) is 23.3. The van der Waals surface area contributed by atoms with E-state index in [1.165, 1.54) is 12.7 Å². The molecule has 0 aliphatic heterocycles. The molecule has 0 aliphatic carbocycles. The van der Waals surface area contributed by atoms with Crippen LogP contribution in [-0.4, -0.2) is 48.1 Å². The zero-order chi connectivity index (χ0) is 22.8. The van der Waals surface area contributed by atoms with Crippen molar-refractivity contribution >= 4 is 11.8 Å². The van der Waals surface area contributed by atoms with E-state index >= 15 is 0 Å². The molecule has 2 amide bonds. The fourth-order valence-corrected chi connectivity index (χ4v) is 3.52. The van der Waals surface area contributed by atoms with E-state index in [9.17, 15) is 9.59 Å². The molecule has 32 heavy (non-hydrogen) atoms. The lowest BCUT2D eigenvalue weighted by Gasteiger charge is -2.22. The van der Waals surface area contributed by atoms with Crippen LogP contribution in [0.25, 0.3) is 0 Å². The summed E-state index contributed by atoms with van der Waals surface area (Å²) in [5.74, 6) is 0.722. The number of ether oxygens (including phenoxy) is 1. The Morgan fingerprint density at radius 3 is 2.66 bits per heavy atom. The summed E-state index contributed by atoms with van der Waals surface area (Å²) in [5.41, 5.74) is 2.17. The number of hydrogen-bond acceptors (Lipinski definition) is 4. The second kappa shape index (κ2) is 11.9. The van der Waals surface area contributed by atoms with Crippen molar-refractivity contribution < 1.29 is 18.7 Å². The topological polar surface area (TPSA) is 76.7 Å². The molecular formula is C25H31N3O4. The Balaban J connectivity index is 1.56. The van der Waals surface area contributed by atoms with Crippen molar-refractivity contribution in [2.45, 2.75) is 32.9 Å². The number of hydrogen-bond donors (Lipinski definition) is 1. The van der Waals surface area contributed by atoms with Crippen molar-refractivity contribution in [3.63, 3.8) is 0 Å². The molecule has 0 fully saturated rings. The quantitative estimate of drug-likeness (QED) is 0.471. The van der Waals surface area contributed by atoms with Crippen LogP contribution in [0.2, 0.25) is 0 Å². The van der Waals surface area contributed by atoms with Crippen LogP contribution in [0.3, 0.4) is 0 Å². The van der Waals surface area contributed by atoms with Gasteiger partial charge >= 0.3 is 0 Å². The zero-order valence-electron chi connectivity index (χ0n) is 18.8. The van der Waals surface area contributed by atoms with Crippen LogP contribution in [0, 0.1) is 0 Å². The smallest absolute Gasteiger partial charge is 0.287 e. The number of furan rings is 1. The minimum Gasteiger partial charge on any atom is -0.454 e. The van der Waals surface area contributed by atoms with Crippen LogP contribution in [0.5, 0.6) is 0 Å². The van der Waals surface area contributed by atoms with Gasteiger partial charge in [0.05, 0.1) is 13.1 Å². The molecule has 0 radical (unpaired) electrons. The monoisotopic (exact) mass is 437 g/mol. The second-order valence-corrected chi connectivity index (χ2v) is 7.63. The van der Waals surface area contributed by atoms with Gasteiger partial charge in [-0.25, -0.2) is 0 Å². The average Bonchev–Trinajstić information content (AvgIpc) is 3.44. The van der Waals surface area contributed by atoms with Crippen LogP contribution in [0.1, 0.15) is 40.9 Å². The van der Waals surface area contributed by atoms with E-state index in [1.54, 1.807) is 11.0 Å². The third-order valence-corrected chi connectivity index (χ3v) is 5.14. The van der Waals surface area contributed by atoms with E-state index in [0.29, 0.717) is 37.7 Å². The Kier molecular flexibility index (Phi) is 8.69. The molecule has 2 heterocycles. The number of carbonyl (C=O) groups excluding carboxylic acids is 2. The van der Waals surface area contributed by atoms with E-state index in [-0.39, 0.29) is 18.4 Å². The third kappa shape index (κ3) is 6.59. The van der Waals surface area contributed by atoms with E-state index in [4.69, 9.17) is 9.15 Å². The van der Waals surface area contributed by atoms with Gasteiger partial charge in [0.1, 0.15) is 12.4 Å². The Morgan fingerprint density at radius 2 is 1.91 bits per heavy atom. The largest absolute Gasteiger partial charge is 0.454 e. The van der Waals surface area contributed by atoms with Crippen LogP contribution < -0.4 is 5.32 Å². The van der Waals surface area contributed by atoms with E-state index in [2.05, 4.69) is 5.32 Å². The standard InChI is InChI=1S/C25H31N3O4/c1-3-15-28(24(29)19-31-2)17-21-10-7-16-27(21)18-22-11-12-23(32-22)25(30)26-14-13-20-8-5-4-6-9-20/h4-12,16H,3,13-15,17-19H2,1-2H3,(H,26,30). The summed E-state index contributed by atoms with van der Waals surface area (Å²) in [5, 5.41) is 2.90. The van der Waals surface area contributed by atoms with E-state index in [0.717, 1.165) is 18.5 Å². The molecule has 0 bridgehead atoms. The molecule has 3 rings (SSSR count). The van der Waals surface area contributed by atoms with Crippen molar-refractivity contribution in [2.24, 2.45) is 0 Å². The highest BCUT2D eigenvalue weighted by Gasteiger charge is 2.16. The summed E-state index contributed by atoms with van der Waals surface area (Å²) < 4.78 is 12.8. The fraction of sp³-hybridized carbons (Fsp3) is 0.360. The highest BCUT2D eigenvalue weighted by atomic mass is 16.5. The maximum atomic E-state index is 12.4. The van der Waals surface area contributed by atoms with Gasteiger partial charge in [-0.15, -0.1) is 0 Å². The van der Waals surface area contributed by atoms with Gasteiger partial charge in [0.2, 0.25) is 5.91 Å². The van der Waals surface area contributed by atoms with Gasteiger partial charge in [0, 0.05) is 32.1 Å². The van der Waals surface area contributed by atoms with Crippen LogP contribution in [0.15, 0.2) is 65.2 Å². The van der Waals surface area contributed by atoms with Crippen LogP contribution >= 0.6 is 0 Å². The van der Waals surface area contributed by atoms with Crippen LogP contribution in [0.4, 0.5) is 0 Å². The number of nitrogens with one attached hydrogen (secondary N) is 1. The van der Waals surface area contributed by atoms with Crippen molar-refractivity contribution in [1.82, 2.24) is 14.8 Å². The number of benzene rings is 1. The van der Waals surface area contributed by atoms with Gasteiger partial charge < -0.3 is 23.9 Å². The molecule has 1 aromatic carbocycles. The maximum Gasteiger partial charge on any atom is 0.287 e. The van der Waals surface area contributed by atoms with Gasteiger partial charge in [0.25, 0.3) is 5.91 Å². The predicted molar refractivity (Wildman–Crippen MR) is 122 cm³/mol. The van der Waals surface area contributed by atoms with Crippen LogP contribution in [-0.2, 0) is 29.0 Å². The van der Waals surface area contributed by atoms with Gasteiger partial charge in [-0.2, -0.15) is 0 Å². The molecule has 0 atom stereocenters. The van der Waals surface area contributed by atoms with Gasteiger partial charge in [0.15, 0.2) is 5.76 Å². The predicted octanol–water partition coefficient (Wildman–Crippen LogP) is 3.49. The zero-order valence-corrected chi connectivity index (χ0v) is 18.8. The van der Waals surface area contributed by atoms with E-state index in [1.807, 2.05) is 66.2 Å². The average molecular weight is 438 g/mol. The summed E-state index contributed by atoms with van der Waals surface area (Å²) in [4.78, 5) is 26.5. The first-order chi connectivity index (χ1) is 15.6. The molecule has 170 valence electrons. The Labute approximate surface area is 189 Å². The molecule has 7 heteroatoms. The summed E-state index contributed by atoms with van der Waals surface area (Å²) in [6, 6.07) is 17.5. The number of nitrogens with zero attached hydrogens (tertiary/aromatic N) is 2. The van der Waals surface area contributed by atoms with Crippen molar-refractivity contribution in [1.29, 1.82) is 0 Å². The lowest BCUT2D eigenvalue weighted by molar-refractivity contribution is -0.135. The van der Waals surface area contributed by atoms with Crippen molar-refractivity contribution in [3.05, 3.63) is 83.6 Å². The summed E-state index contributed by atoms with van der Waals surface area (Å²) in [7, 11) is 1.52. The first-order valence-corrected chi connectivity index (χ1v) is 10.9. The number of rotatable bonds is 12. The molecule has 0 unspecified atom stereocenters. The molecule has 2 aromatic heterocycles. The third-order valence-electron chi connectivity index (χ3n) is 5.14. The summed E-state index contributed by atoms with van der Waals surface area (Å²) in [6.45, 7) is 4.31. The number of carbonyl (C=O) groups is 2. The number of amides is 2. The molecule has 1 N–H and O–H groups in total. The SMILES string of the molecule is CCCN(Cc1cccn1Cc1ccc(C(=O)NCCc2ccccc2)o1)C(=O)COC. The minimum absolute atomic E-state index is 0.0328. The molecule has 0 saturated heterocycles. The lowest BCUT2D eigenvalue weighted by atomic mass is 10.1. The molecular weight excluding hydrogens is 406 g/mol. The Bertz CT molecular complexity index is 994. The molecule has 0 spiro atoms. The second-order valence-electron chi connectivity index (χ2n) is 7.63. The first-order valence-electron chi connectivity index (χ1n) is 10.9. The minimum atomic E-state index is -0.223. The van der Waals surface area contributed by atoms with Gasteiger partial charge in [-0.3, -0.25) is 9.59 Å². The Hall–Kier alpha value is -3.32. The lowest BCUT2D eigenvalue weighted by Crippen LogP contribution is -2.34. The number of aromatic nitrogens is 1.